The molecule has 0 fully saturated rings. The van der Waals surface area contributed by atoms with Crippen LogP contribution < -0.4 is 0 Å². The van der Waals surface area contributed by atoms with Crippen LogP contribution in [0.15, 0.2) is 12.1 Å². The summed E-state index contributed by atoms with van der Waals surface area (Å²) >= 11 is 7.04. The van der Waals surface area contributed by atoms with Crippen molar-refractivity contribution in [3.63, 3.8) is 0 Å². The van der Waals surface area contributed by atoms with Gasteiger partial charge in [-0.25, -0.2) is 0 Å². The van der Waals surface area contributed by atoms with Crippen molar-refractivity contribution >= 4 is 34.4 Å². The smallest absolute Gasteiger partial charge is 0.109 e. The average molecular weight is 199 g/mol. The molecule has 0 N–H and O–H groups in total. The van der Waals surface area contributed by atoms with Gasteiger partial charge in [0.15, 0.2) is 0 Å². The van der Waals surface area contributed by atoms with Gasteiger partial charge in [0.2, 0.25) is 0 Å². The molecule has 2 rings (SSSR count). The lowest BCUT2D eigenvalue weighted by atomic mass is 10.1. The minimum atomic E-state index is 0.509. The molecule has 0 unspecified atom stereocenters. The summed E-state index contributed by atoms with van der Waals surface area (Å²) < 4.78 is 8.34. The molecule has 0 aliphatic heterocycles. The highest BCUT2D eigenvalue weighted by Crippen LogP contribution is 2.21. The van der Waals surface area contributed by atoms with Gasteiger partial charge in [0, 0.05) is 5.88 Å². The number of hydrogen-bond acceptors (Lipinski definition) is 3. The Morgan fingerprint density at radius 1 is 1.42 bits per heavy atom. The van der Waals surface area contributed by atoms with Crippen molar-refractivity contribution in [3.8, 4) is 0 Å². The van der Waals surface area contributed by atoms with Crippen molar-refractivity contribution in [2.24, 2.45) is 0 Å². The first-order valence-electron chi connectivity index (χ1n) is 3.59. The van der Waals surface area contributed by atoms with E-state index in [4.69, 9.17) is 11.6 Å². The van der Waals surface area contributed by atoms with E-state index in [-0.39, 0.29) is 0 Å². The summed E-state index contributed by atoms with van der Waals surface area (Å²) in [6, 6.07) is 4.01. The second kappa shape index (κ2) is 2.99. The molecule has 0 bridgehead atoms. The van der Waals surface area contributed by atoms with Crippen LogP contribution in [0.25, 0.3) is 11.0 Å². The Bertz CT molecular complexity index is 410. The lowest BCUT2D eigenvalue weighted by Crippen LogP contribution is -1.86. The summed E-state index contributed by atoms with van der Waals surface area (Å²) in [6.07, 6.45) is 0. The molecular weight excluding hydrogens is 192 g/mol. The highest BCUT2D eigenvalue weighted by Gasteiger charge is 2.06. The molecule has 12 heavy (non-hydrogen) atoms. The Balaban J connectivity index is 2.83. The number of alkyl halides is 1. The van der Waals surface area contributed by atoms with Crippen molar-refractivity contribution < 1.29 is 0 Å². The Labute approximate surface area is 79.5 Å². The summed E-state index contributed by atoms with van der Waals surface area (Å²) in [5, 5.41) is 0. The van der Waals surface area contributed by atoms with Crippen molar-refractivity contribution in [1.29, 1.82) is 0 Å². The van der Waals surface area contributed by atoms with Crippen LogP contribution >= 0.6 is 23.3 Å². The van der Waals surface area contributed by atoms with E-state index in [2.05, 4.69) is 8.75 Å². The van der Waals surface area contributed by atoms with Gasteiger partial charge in [0.25, 0.3) is 0 Å². The van der Waals surface area contributed by atoms with Crippen LogP contribution in [0.1, 0.15) is 11.1 Å². The van der Waals surface area contributed by atoms with Gasteiger partial charge in [-0.15, -0.1) is 11.6 Å². The quantitative estimate of drug-likeness (QED) is 0.659. The lowest BCUT2D eigenvalue weighted by Gasteiger charge is -2.00. The fourth-order valence-electron chi connectivity index (χ4n) is 1.17. The molecule has 62 valence electrons. The second-order valence-corrected chi connectivity index (χ2v) is 3.42. The number of rotatable bonds is 1. The maximum atomic E-state index is 5.80. The first-order chi connectivity index (χ1) is 5.83. The van der Waals surface area contributed by atoms with Crippen molar-refractivity contribution in [2.45, 2.75) is 12.8 Å². The molecule has 4 heteroatoms. The molecule has 2 nitrogen and oxygen atoms in total. The van der Waals surface area contributed by atoms with Gasteiger partial charge >= 0.3 is 0 Å². The van der Waals surface area contributed by atoms with Gasteiger partial charge in [-0.05, 0) is 24.1 Å². The SMILES string of the molecule is Cc1ccc2nsnc2c1CCl. The summed E-state index contributed by atoms with van der Waals surface area (Å²) in [4.78, 5) is 0. The monoisotopic (exact) mass is 198 g/mol. The number of nitrogens with zero attached hydrogens (tertiary/aromatic N) is 2. The Morgan fingerprint density at radius 2 is 2.25 bits per heavy atom. The standard InChI is InChI=1S/C8H7ClN2S/c1-5-2-3-7-8(6(5)4-9)11-12-10-7/h2-3H,4H2,1H3. The molecule has 0 amide bonds. The number of hydrogen-bond donors (Lipinski definition) is 0. The van der Waals surface area contributed by atoms with Gasteiger partial charge in [-0.2, -0.15) is 8.75 Å². The third kappa shape index (κ3) is 1.09. The fraction of sp³-hybridized carbons (Fsp3) is 0.250. The molecule has 0 aliphatic rings. The second-order valence-electron chi connectivity index (χ2n) is 2.63. The zero-order valence-corrected chi connectivity index (χ0v) is 8.11. The van der Waals surface area contributed by atoms with E-state index in [9.17, 15) is 0 Å². The molecule has 0 radical (unpaired) electrons. The first kappa shape index (κ1) is 7.95. The topological polar surface area (TPSA) is 25.8 Å². The van der Waals surface area contributed by atoms with Gasteiger partial charge in [0.05, 0.1) is 11.7 Å². The Morgan fingerprint density at radius 3 is 3.00 bits per heavy atom. The molecule has 2 aromatic rings. The van der Waals surface area contributed by atoms with Gasteiger partial charge in [0.1, 0.15) is 11.0 Å². The summed E-state index contributed by atoms with van der Waals surface area (Å²) in [7, 11) is 0. The van der Waals surface area contributed by atoms with Crippen LogP contribution in [-0.4, -0.2) is 8.75 Å². The molecule has 1 heterocycles. The number of aromatic nitrogens is 2. The highest BCUT2D eigenvalue weighted by atomic mass is 35.5. The summed E-state index contributed by atoms with van der Waals surface area (Å²) in [5.41, 5.74) is 4.18. The zero-order chi connectivity index (χ0) is 8.55. The van der Waals surface area contributed by atoms with Crippen LogP contribution in [0.2, 0.25) is 0 Å². The predicted octanol–water partition coefficient (Wildman–Crippen LogP) is 2.74. The van der Waals surface area contributed by atoms with Crippen LogP contribution in [0.4, 0.5) is 0 Å². The van der Waals surface area contributed by atoms with Crippen molar-refractivity contribution in [2.75, 3.05) is 0 Å². The van der Waals surface area contributed by atoms with Gasteiger partial charge in [-0.3, -0.25) is 0 Å². The molecule has 0 aliphatic carbocycles. The van der Waals surface area contributed by atoms with E-state index in [1.807, 2.05) is 19.1 Å². The highest BCUT2D eigenvalue weighted by molar-refractivity contribution is 7.00. The summed E-state index contributed by atoms with van der Waals surface area (Å²) in [6.45, 7) is 2.04. The average Bonchev–Trinajstić information content (AvgIpc) is 2.52. The Hall–Kier alpha value is -0.670. The van der Waals surface area contributed by atoms with E-state index in [0.29, 0.717) is 5.88 Å². The third-order valence-corrected chi connectivity index (χ3v) is 2.71. The van der Waals surface area contributed by atoms with Crippen LogP contribution in [0.5, 0.6) is 0 Å². The molecule has 1 aromatic heterocycles. The van der Waals surface area contributed by atoms with Crippen molar-refractivity contribution in [1.82, 2.24) is 8.75 Å². The maximum Gasteiger partial charge on any atom is 0.109 e. The molecule has 0 spiro atoms. The normalized spacial score (nSPS) is 10.8. The van der Waals surface area contributed by atoms with Crippen molar-refractivity contribution in [3.05, 3.63) is 23.3 Å². The molecule has 1 aromatic carbocycles. The van der Waals surface area contributed by atoms with Crippen LogP contribution in [-0.2, 0) is 5.88 Å². The minimum absolute atomic E-state index is 0.509. The van der Waals surface area contributed by atoms with Crippen LogP contribution in [0, 0.1) is 6.92 Å². The third-order valence-electron chi connectivity index (χ3n) is 1.90. The van der Waals surface area contributed by atoms with E-state index >= 15 is 0 Å². The van der Waals surface area contributed by atoms with Gasteiger partial charge in [-0.1, -0.05) is 6.07 Å². The van der Waals surface area contributed by atoms with E-state index < -0.39 is 0 Å². The molecule has 0 saturated carbocycles. The fourth-order valence-corrected chi connectivity index (χ4v) is 2.07. The molecule has 0 atom stereocenters. The number of benzene rings is 1. The maximum absolute atomic E-state index is 5.80. The van der Waals surface area contributed by atoms with E-state index in [1.54, 1.807) is 0 Å². The Kier molecular flexibility index (Phi) is 1.98. The zero-order valence-electron chi connectivity index (χ0n) is 6.54. The van der Waals surface area contributed by atoms with Crippen LogP contribution in [0.3, 0.4) is 0 Å². The minimum Gasteiger partial charge on any atom is -0.173 e. The number of halogens is 1. The van der Waals surface area contributed by atoms with Gasteiger partial charge < -0.3 is 0 Å². The lowest BCUT2D eigenvalue weighted by molar-refractivity contribution is 1.32. The molecular formula is C8H7ClN2S. The molecule has 0 saturated heterocycles. The number of aryl methyl sites for hydroxylation is 1. The number of fused-ring (bicyclic) bond motifs is 1. The summed E-state index contributed by atoms with van der Waals surface area (Å²) in [5.74, 6) is 0.509. The largest absolute Gasteiger partial charge is 0.173 e. The van der Waals surface area contributed by atoms with E-state index in [0.717, 1.165) is 16.6 Å². The predicted molar refractivity (Wildman–Crippen MR) is 51.7 cm³/mol. The first-order valence-corrected chi connectivity index (χ1v) is 4.86. The van der Waals surface area contributed by atoms with E-state index in [1.165, 1.54) is 17.3 Å².